The van der Waals surface area contributed by atoms with Crippen molar-refractivity contribution in [1.29, 1.82) is 0 Å². The summed E-state index contributed by atoms with van der Waals surface area (Å²) < 4.78 is 7.38. The van der Waals surface area contributed by atoms with Gasteiger partial charge in [-0.1, -0.05) is 6.07 Å². The van der Waals surface area contributed by atoms with Gasteiger partial charge in [0, 0.05) is 31.9 Å². The maximum absolute atomic E-state index is 12.9. The highest BCUT2D eigenvalue weighted by Crippen LogP contribution is 2.32. The SMILES string of the molecule is C[C@@H](NCc1c(C(=O)N2CCOCC2)nc2ccccn12)C1CC1. The fourth-order valence-corrected chi connectivity index (χ4v) is 3.32. The average molecular weight is 328 g/mol. The quantitative estimate of drug-likeness (QED) is 0.907. The molecular weight excluding hydrogens is 304 g/mol. The number of amides is 1. The molecule has 2 fully saturated rings. The molecule has 3 heterocycles. The summed E-state index contributed by atoms with van der Waals surface area (Å²) in [7, 11) is 0. The minimum Gasteiger partial charge on any atom is -0.378 e. The highest BCUT2D eigenvalue weighted by atomic mass is 16.5. The zero-order valence-electron chi connectivity index (χ0n) is 14.1. The molecule has 0 unspecified atom stereocenters. The number of carbonyl (C=O) groups excluding carboxylic acids is 1. The van der Waals surface area contributed by atoms with Crippen molar-refractivity contribution < 1.29 is 9.53 Å². The van der Waals surface area contributed by atoms with Crippen LogP contribution in [0.15, 0.2) is 24.4 Å². The van der Waals surface area contributed by atoms with Crippen LogP contribution in [0.3, 0.4) is 0 Å². The van der Waals surface area contributed by atoms with Gasteiger partial charge in [0.2, 0.25) is 0 Å². The van der Waals surface area contributed by atoms with Crippen LogP contribution in [-0.4, -0.2) is 52.5 Å². The Hall–Kier alpha value is -1.92. The minimum atomic E-state index is 0.0119. The van der Waals surface area contributed by atoms with E-state index < -0.39 is 0 Å². The Bertz CT molecular complexity index is 732. The summed E-state index contributed by atoms with van der Waals surface area (Å²) >= 11 is 0. The largest absolute Gasteiger partial charge is 0.378 e. The maximum Gasteiger partial charge on any atom is 0.274 e. The molecule has 1 aliphatic heterocycles. The first kappa shape index (κ1) is 15.6. The summed E-state index contributed by atoms with van der Waals surface area (Å²) in [6.45, 7) is 5.37. The number of hydrogen-bond acceptors (Lipinski definition) is 4. The van der Waals surface area contributed by atoms with E-state index in [0.717, 1.165) is 17.3 Å². The molecule has 1 N–H and O–H groups in total. The van der Waals surface area contributed by atoms with E-state index in [4.69, 9.17) is 4.74 Å². The van der Waals surface area contributed by atoms with Crippen molar-refractivity contribution in [3.05, 3.63) is 35.8 Å². The summed E-state index contributed by atoms with van der Waals surface area (Å²) in [5.74, 6) is 0.792. The average Bonchev–Trinajstić information content (AvgIpc) is 3.41. The summed E-state index contributed by atoms with van der Waals surface area (Å²) in [4.78, 5) is 19.4. The first-order valence-electron chi connectivity index (χ1n) is 8.80. The van der Waals surface area contributed by atoms with Crippen LogP contribution in [-0.2, 0) is 11.3 Å². The summed E-state index contributed by atoms with van der Waals surface area (Å²) in [5.41, 5.74) is 2.35. The third-order valence-corrected chi connectivity index (χ3v) is 5.05. The van der Waals surface area contributed by atoms with Crippen LogP contribution in [0.4, 0.5) is 0 Å². The Morgan fingerprint density at radius 3 is 2.92 bits per heavy atom. The number of hydrogen-bond donors (Lipinski definition) is 1. The monoisotopic (exact) mass is 328 g/mol. The molecule has 0 radical (unpaired) electrons. The van der Waals surface area contributed by atoms with Crippen LogP contribution in [0.1, 0.15) is 35.9 Å². The number of aromatic nitrogens is 2. The van der Waals surface area contributed by atoms with Crippen molar-refractivity contribution in [2.45, 2.75) is 32.4 Å². The van der Waals surface area contributed by atoms with Gasteiger partial charge in [-0.3, -0.25) is 4.79 Å². The molecule has 2 aromatic rings. The number of pyridine rings is 1. The Balaban J connectivity index is 1.62. The van der Waals surface area contributed by atoms with Gasteiger partial charge < -0.3 is 19.4 Å². The highest BCUT2D eigenvalue weighted by Gasteiger charge is 2.29. The maximum atomic E-state index is 12.9. The molecular formula is C18H24N4O2. The zero-order chi connectivity index (χ0) is 16.5. The molecule has 0 aromatic carbocycles. The molecule has 24 heavy (non-hydrogen) atoms. The molecule has 0 bridgehead atoms. The number of fused-ring (bicyclic) bond motifs is 1. The third kappa shape index (κ3) is 3.03. The standard InChI is InChI=1S/C18H24N4O2/c1-13(14-5-6-14)19-12-15-17(18(23)21-8-10-24-11-9-21)20-16-4-2-3-7-22(15)16/h2-4,7,13-14,19H,5-6,8-12H2,1H3/t13-/m1/s1. The Morgan fingerprint density at radius 2 is 2.17 bits per heavy atom. The van der Waals surface area contributed by atoms with Crippen molar-refractivity contribution in [2.24, 2.45) is 5.92 Å². The lowest BCUT2D eigenvalue weighted by atomic mass is 10.2. The molecule has 1 atom stereocenters. The van der Waals surface area contributed by atoms with Crippen molar-refractivity contribution in [1.82, 2.24) is 19.6 Å². The van der Waals surface area contributed by atoms with Crippen molar-refractivity contribution in [3.63, 3.8) is 0 Å². The molecule has 1 amide bonds. The number of imidazole rings is 1. The lowest BCUT2D eigenvalue weighted by Gasteiger charge is -2.26. The summed E-state index contributed by atoms with van der Waals surface area (Å²) in [6.07, 6.45) is 4.60. The number of ether oxygens (including phenoxy) is 1. The zero-order valence-corrected chi connectivity index (χ0v) is 14.1. The third-order valence-electron chi connectivity index (χ3n) is 5.05. The van der Waals surface area contributed by atoms with Gasteiger partial charge in [-0.05, 0) is 37.8 Å². The van der Waals surface area contributed by atoms with Gasteiger partial charge in [-0.15, -0.1) is 0 Å². The van der Waals surface area contributed by atoms with Crippen LogP contribution >= 0.6 is 0 Å². The van der Waals surface area contributed by atoms with Crippen LogP contribution in [0.5, 0.6) is 0 Å². The van der Waals surface area contributed by atoms with E-state index in [1.807, 2.05) is 33.7 Å². The fraction of sp³-hybridized carbons (Fsp3) is 0.556. The van der Waals surface area contributed by atoms with Crippen molar-refractivity contribution >= 4 is 11.6 Å². The summed E-state index contributed by atoms with van der Waals surface area (Å²) in [6, 6.07) is 6.36. The van der Waals surface area contributed by atoms with Gasteiger partial charge >= 0.3 is 0 Å². The Morgan fingerprint density at radius 1 is 1.38 bits per heavy atom. The highest BCUT2D eigenvalue weighted by molar-refractivity contribution is 5.94. The van der Waals surface area contributed by atoms with Gasteiger partial charge in [0.15, 0.2) is 5.69 Å². The molecule has 0 spiro atoms. The van der Waals surface area contributed by atoms with E-state index in [1.54, 1.807) is 0 Å². The molecule has 1 saturated heterocycles. The molecule has 6 heteroatoms. The second-order valence-corrected chi connectivity index (χ2v) is 6.75. The van der Waals surface area contributed by atoms with Gasteiger partial charge in [0.1, 0.15) is 5.65 Å². The van der Waals surface area contributed by atoms with Gasteiger partial charge in [-0.2, -0.15) is 0 Å². The van der Waals surface area contributed by atoms with Crippen molar-refractivity contribution in [2.75, 3.05) is 26.3 Å². The predicted molar refractivity (Wildman–Crippen MR) is 90.9 cm³/mol. The van der Waals surface area contributed by atoms with E-state index in [9.17, 15) is 4.79 Å². The molecule has 1 aliphatic carbocycles. The van der Waals surface area contributed by atoms with Gasteiger partial charge in [0.25, 0.3) is 5.91 Å². The predicted octanol–water partition coefficient (Wildman–Crippen LogP) is 1.69. The van der Waals surface area contributed by atoms with Crippen LogP contribution in [0, 0.1) is 5.92 Å². The minimum absolute atomic E-state index is 0.0119. The normalized spacial score (nSPS) is 19.6. The smallest absolute Gasteiger partial charge is 0.274 e. The molecule has 4 rings (SSSR count). The molecule has 2 aliphatic rings. The topological polar surface area (TPSA) is 58.9 Å². The van der Waals surface area contributed by atoms with Crippen LogP contribution < -0.4 is 5.32 Å². The lowest BCUT2D eigenvalue weighted by molar-refractivity contribution is 0.0298. The lowest BCUT2D eigenvalue weighted by Crippen LogP contribution is -2.41. The van der Waals surface area contributed by atoms with E-state index in [1.165, 1.54) is 12.8 Å². The number of morpholine rings is 1. The van der Waals surface area contributed by atoms with Crippen LogP contribution in [0.2, 0.25) is 0 Å². The van der Waals surface area contributed by atoms with E-state index in [0.29, 0.717) is 44.6 Å². The fourth-order valence-electron chi connectivity index (χ4n) is 3.32. The number of carbonyl (C=O) groups is 1. The Kier molecular flexibility index (Phi) is 4.24. The number of nitrogens with one attached hydrogen (secondary N) is 1. The van der Waals surface area contributed by atoms with E-state index in [-0.39, 0.29) is 5.91 Å². The van der Waals surface area contributed by atoms with E-state index in [2.05, 4.69) is 17.2 Å². The van der Waals surface area contributed by atoms with Gasteiger partial charge in [-0.25, -0.2) is 4.98 Å². The van der Waals surface area contributed by atoms with E-state index >= 15 is 0 Å². The van der Waals surface area contributed by atoms with Crippen LogP contribution in [0.25, 0.3) is 5.65 Å². The molecule has 6 nitrogen and oxygen atoms in total. The first-order valence-corrected chi connectivity index (χ1v) is 8.80. The number of rotatable bonds is 5. The van der Waals surface area contributed by atoms with Crippen molar-refractivity contribution in [3.8, 4) is 0 Å². The molecule has 2 aromatic heterocycles. The summed E-state index contributed by atoms with van der Waals surface area (Å²) in [5, 5.41) is 3.58. The second kappa shape index (κ2) is 6.53. The van der Waals surface area contributed by atoms with Gasteiger partial charge in [0.05, 0.1) is 18.9 Å². The second-order valence-electron chi connectivity index (χ2n) is 6.75. The molecule has 128 valence electrons. The number of nitrogens with zero attached hydrogens (tertiary/aromatic N) is 3. The molecule has 1 saturated carbocycles. The first-order chi connectivity index (χ1) is 11.7. The Labute approximate surface area is 141 Å².